The molecule has 1 aliphatic rings. The van der Waals surface area contributed by atoms with Gasteiger partial charge in [0, 0.05) is 24.9 Å². The van der Waals surface area contributed by atoms with Gasteiger partial charge in [0.1, 0.15) is 6.73 Å². The molecule has 0 spiro atoms. The Morgan fingerprint density at radius 3 is 3.00 bits per heavy atom. The highest BCUT2D eigenvalue weighted by molar-refractivity contribution is 7.07. The van der Waals surface area contributed by atoms with Gasteiger partial charge in [-0.05, 0) is 55.9 Å². The topological polar surface area (TPSA) is 85.9 Å². The number of ether oxygens (including phenoxy) is 2. The monoisotopic (exact) mass is 505 g/mol. The third-order valence-corrected chi connectivity index (χ3v) is 7.01. The lowest BCUT2D eigenvalue weighted by atomic mass is 9.75. The molecule has 0 saturated heterocycles. The minimum atomic E-state index is -0.844. The van der Waals surface area contributed by atoms with E-state index in [-0.39, 0.29) is 22.8 Å². The number of rotatable bonds is 8. The van der Waals surface area contributed by atoms with Crippen molar-refractivity contribution in [3.63, 3.8) is 0 Å². The molecule has 3 unspecified atom stereocenters. The van der Waals surface area contributed by atoms with Gasteiger partial charge >= 0.3 is 5.97 Å². The van der Waals surface area contributed by atoms with Gasteiger partial charge in [-0.2, -0.15) is 0 Å². The predicted molar refractivity (Wildman–Crippen MR) is 127 cm³/mol. The second kappa shape index (κ2) is 11.1. The average Bonchev–Trinajstić information content (AvgIpc) is 3.25. The van der Waals surface area contributed by atoms with Crippen molar-refractivity contribution in [3.05, 3.63) is 69.4 Å². The van der Waals surface area contributed by atoms with E-state index in [0.717, 1.165) is 4.80 Å². The van der Waals surface area contributed by atoms with Gasteiger partial charge in [-0.3, -0.25) is 14.3 Å². The van der Waals surface area contributed by atoms with Gasteiger partial charge in [-0.1, -0.05) is 17.7 Å². The number of aliphatic carboxylic acids is 1. The number of benzene rings is 1. The first-order valence-corrected chi connectivity index (χ1v) is 12.2. The molecule has 180 valence electrons. The van der Waals surface area contributed by atoms with E-state index in [1.165, 1.54) is 23.5 Å². The normalized spacial score (nSPS) is 20.9. The van der Waals surface area contributed by atoms with Crippen LogP contribution in [0.15, 0.2) is 53.1 Å². The number of hydrogen-bond donors (Lipinski definition) is 1. The molecule has 0 bridgehead atoms. The summed E-state index contributed by atoms with van der Waals surface area (Å²) in [5.74, 6) is -2.15. The van der Waals surface area contributed by atoms with Crippen molar-refractivity contribution >= 4 is 34.6 Å². The van der Waals surface area contributed by atoms with Crippen LogP contribution in [0.5, 0.6) is 5.75 Å². The highest BCUT2D eigenvalue weighted by atomic mass is 35.5. The maximum absolute atomic E-state index is 14.3. The Bertz CT molecular complexity index is 1210. The summed E-state index contributed by atoms with van der Waals surface area (Å²) >= 11 is 7.36. The standard InChI is InChI=1S/C24H25ClFN3O4S/c1-32-14-29-10-11-34-24(29)28-19-5-3-9-27-20(19)13-15-12-16(7-8-17(15)23(30)31)33-21-6-2-4-18(25)22(21)26/h2-6,9-11,15-17H,7-8,12-14H2,1H3,(H,30,31). The van der Waals surface area contributed by atoms with Crippen molar-refractivity contribution in [1.29, 1.82) is 0 Å². The lowest BCUT2D eigenvalue weighted by molar-refractivity contribution is -0.145. The molecule has 2 heterocycles. The number of methoxy groups -OCH3 is 1. The van der Waals surface area contributed by atoms with Gasteiger partial charge in [0.25, 0.3) is 0 Å². The van der Waals surface area contributed by atoms with Crippen LogP contribution in [0, 0.1) is 17.7 Å². The fourth-order valence-corrected chi connectivity index (χ4v) is 5.19. The zero-order chi connectivity index (χ0) is 24.1. The summed E-state index contributed by atoms with van der Waals surface area (Å²) in [6, 6.07) is 8.30. The van der Waals surface area contributed by atoms with E-state index in [1.807, 2.05) is 22.2 Å². The summed E-state index contributed by atoms with van der Waals surface area (Å²) in [5, 5.41) is 11.8. The van der Waals surface area contributed by atoms with E-state index in [9.17, 15) is 14.3 Å². The zero-order valence-electron chi connectivity index (χ0n) is 18.6. The van der Waals surface area contributed by atoms with Gasteiger partial charge < -0.3 is 14.6 Å². The number of halogens is 2. The maximum atomic E-state index is 14.3. The van der Waals surface area contributed by atoms with Crippen LogP contribution in [-0.2, 0) is 22.7 Å². The molecule has 1 N–H and O–H groups in total. The van der Waals surface area contributed by atoms with Crippen molar-refractivity contribution in [2.45, 2.75) is 38.5 Å². The van der Waals surface area contributed by atoms with Crippen LogP contribution >= 0.6 is 22.9 Å². The molecular formula is C24H25ClFN3O4S. The lowest BCUT2D eigenvalue weighted by Crippen LogP contribution is -2.36. The highest BCUT2D eigenvalue weighted by Crippen LogP contribution is 2.37. The van der Waals surface area contributed by atoms with Crippen LogP contribution in [-0.4, -0.2) is 33.8 Å². The third-order valence-electron chi connectivity index (χ3n) is 5.93. The highest BCUT2D eigenvalue weighted by Gasteiger charge is 2.37. The van der Waals surface area contributed by atoms with Gasteiger partial charge in [-0.15, -0.1) is 11.3 Å². The van der Waals surface area contributed by atoms with Gasteiger partial charge in [0.15, 0.2) is 16.4 Å². The molecule has 10 heteroatoms. The zero-order valence-corrected chi connectivity index (χ0v) is 20.1. The number of pyridine rings is 1. The Hall–Kier alpha value is -2.75. The number of hydrogen-bond acceptors (Lipinski definition) is 6. The van der Waals surface area contributed by atoms with Crippen molar-refractivity contribution in [3.8, 4) is 5.75 Å². The lowest BCUT2D eigenvalue weighted by Gasteiger charge is -2.34. The number of aromatic nitrogens is 2. The van der Waals surface area contributed by atoms with Crippen LogP contribution in [0.2, 0.25) is 5.02 Å². The number of thiazole rings is 1. The van der Waals surface area contributed by atoms with Gasteiger partial charge in [0.2, 0.25) is 0 Å². The molecule has 1 fully saturated rings. The molecule has 0 amide bonds. The summed E-state index contributed by atoms with van der Waals surface area (Å²) in [6.07, 6.45) is 5.09. The largest absolute Gasteiger partial charge is 0.487 e. The second-order valence-electron chi connectivity index (χ2n) is 8.17. The average molecular weight is 506 g/mol. The smallest absolute Gasteiger partial charge is 0.306 e. The molecule has 0 radical (unpaired) electrons. The Kier molecular flexibility index (Phi) is 7.97. The van der Waals surface area contributed by atoms with Crippen LogP contribution in [0.25, 0.3) is 0 Å². The third kappa shape index (κ3) is 5.65. The van der Waals surface area contributed by atoms with Crippen LogP contribution in [0.4, 0.5) is 10.1 Å². The molecule has 34 heavy (non-hydrogen) atoms. The molecular weight excluding hydrogens is 481 g/mol. The summed E-state index contributed by atoms with van der Waals surface area (Å²) < 4.78 is 27.3. The van der Waals surface area contributed by atoms with Crippen LogP contribution in [0.3, 0.4) is 0 Å². The van der Waals surface area contributed by atoms with E-state index < -0.39 is 17.7 Å². The van der Waals surface area contributed by atoms with Crippen LogP contribution in [0.1, 0.15) is 25.0 Å². The van der Waals surface area contributed by atoms with E-state index in [4.69, 9.17) is 26.1 Å². The molecule has 0 aliphatic heterocycles. The summed E-state index contributed by atoms with van der Waals surface area (Å²) in [4.78, 5) is 22.0. The van der Waals surface area contributed by atoms with Gasteiger partial charge in [-0.25, -0.2) is 9.38 Å². The minimum Gasteiger partial charge on any atom is -0.487 e. The summed E-state index contributed by atoms with van der Waals surface area (Å²) in [7, 11) is 1.62. The molecule has 1 saturated carbocycles. The molecule has 3 atom stereocenters. The quantitative estimate of drug-likeness (QED) is 0.462. The first kappa shape index (κ1) is 24.4. The van der Waals surface area contributed by atoms with Gasteiger partial charge in [0.05, 0.1) is 28.4 Å². The molecule has 1 aliphatic carbocycles. The second-order valence-corrected chi connectivity index (χ2v) is 9.45. The molecule has 1 aromatic carbocycles. The Morgan fingerprint density at radius 2 is 2.21 bits per heavy atom. The van der Waals surface area contributed by atoms with E-state index in [0.29, 0.717) is 43.8 Å². The van der Waals surface area contributed by atoms with Crippen molar-refractivity contribution < 1.29 is 23.8 Å². The fourth-order valence-electron chi connectivity index (χ4n) is 4.30. The Balaban J connectivity index is 1.58. The van der Waals surface area contributed by atoms with Crippen molar-refractivity contribution in [2.75, 3.05) is 7.11 Å². The van der Waals surface area contributed by atoms with E-state index in [2.05, 4.69) is 4.98 Å². The molecule has 4 rings (SSSR count). The summed E-state index contributed by atoms with van der Waals surface area (Å²) in [6.45, 7) is 0.376. The molecule has 7 nitrogen and oxygen atoms in total. The number of nitrogens with zero attached hydrogens (tertiary/aromatic N) is 3. The fraction of sp³-hybridized carbons (Fsp3) is 0.375. The Labute approximate surface area is 205 Å². The van der Waals surface area contributed by atoms with Crippen molar-refractivity contribution in [2.24, 2.45) is 16.8 Å². The maximum Gasteiger partial charge on any atom is 0.306 e. The summed E-state index contributed by atoms with van der Waals surface area (Å²) in [5.41, 5.74) is 1.40. The van der Waals surface area contributed by atoms with E-state index >= 15 is 0 Å². The number of carboxylic acid groups (broad SMARTS) is 1. The SMILES string of the molecule is COCn1ccsc1=Nc1cccnc1CC1CC(Oc2cccc(Cl)c2F)CCC1C(=O)O. The molecule has 2 aromatic heterocycles. The first-order chi connectivity index (χ1) is 16.5. The molecule has 3 aromatic rings. The van der Waals surface area contributed by atoms with Crippen molar-refractivity contribution in [1.82, 2.24) is 9.55 Å². The minimum absolute atomic E-state index is 0.00713. The number of carbonyl (C=O) groups is 1. The predicted octanol–water partition coefficient (Wildman–Crippen LogP) is 5.06. The Morgan fingerprint density at radius 1 is 1.35 bits per heavy atom. The number of carboxylic acids is 1. The van der Waals surface area contributed by atoms with E-state index in [1.54, 1.807) is 25.4 Å². The van der Waals surface area contributed by atoms with Crippen LogP contribution < -0.4 is 9.54 Å². The first-order valence-electron chi connectivity index (χ1n) is 10.9.